The number of carbonyl (C=O) groups excluding carboxylic acids is 1. The zero-order valence-corrected chi connectivity index (χ0v) is 13.8. The summed E-state index contributed by atoms with van der Waals surface area (Å²) < 4.78 is 13.3. The van der Waals surface area contributed by atoms with Crippen LogP contribution in [0.3, 0.4) is 0 Å². The number of aliphatic imine (C=N–C) groups is 1. The second kappa shape index (κ2) is 7.33. The molecule has 2 aliphatic heterocycles. The molecule has 1 saturated heterocycles. The van der Waals surface area contributed by atoms with Gasteiger partial charge in [-0.1, -0.05) is 0 Å². The van der Waals surface area contributed by atoms with E-state index in [1.807, 2.05) is 4.90 Å². The van der Waals surface area contributed by atoms with Crippen molar-refractivity contribution in [3.63, 3.8) is 0 Å². The molecule has 24 heavy (non-hydrogen) atoms. The fraction of sp³-hybridized carbons (Fsp3) is 0.375. The lowest BCUT2D eigenvalue weighted by Crippen LogP contribution is -2.48. The smallest absolute Gasteiger partial charge is 0.286 e. The van der Waals surface area contributed by atoms with Crippen molar-refractivity contribution in [2.24, 2.45) is 4.99 Å². The van der Waals surface area contributed by atoms with Crippen LogP contribution in [0.2, 0.25) is 0 Å². The molecule has 8 heteroatoms. The molecule has 0 spiro atoms. The standard InChI is InChI=1S/C16H18FN3O3S/c17-12-1-2-13(22)11(9-12)10-14-15(23)18-16(24-14)20-5-3-19(4-6-20)7-8-21/h1-2,9-10,21-22H,3-8H2. The van der Waals surface area contributed by atoms with E-state index in [0.29, 0.717) is 16.6 Å². The summed E-state index contributed by atoms with van der Waals surface area (Å²) in [6, 6.07) is 3.60. The fourth-order valence-electron chi connectivity index (χ4n) is 2.62. The van der Waals surface area contributed by atoms with Gasteiger partial charge in [0.05, 0.1) is 11.5 Å². The topological polar surface area (TPSA) is 76.4 Å². The highest BCUT2D eigenvalue weighted by molar-refractivity contribution is 8.18. The number of hydrogen-bond acceptors (Lipinski definition) is 6. The number of amides is 1. The number of aliphatic hydroxyl groups is 1. The van der Waals surface area contributed by atoms with Gasteiger partial charge in [0.15, 0.2) is 5.17 Å². The first-order chi connectivity index (χ1) is 11.6. The number of carbonyl (C=O) groups is 1. The van der Waals surface area contributed by atoms with Gasteiger partial charge in [0.1, 0.15) is 11.6 Å². The summed E-state index contributed by atoms with van der Waals surface area (Å²) in [6.07, 6.45) is 1.46. The lowest BCUT2D eigenvalue weighted by Gasteiger charge is -2.34. The van der Waals surface area contributed by atoms with E-state index in [4.69, 9.17) is 5.11 Å². The minimum Gasteiger partial charge on any atom is -0.507 e. The number of aliphatic hydroxyl groups excluding tert-OH is 1. The Hall–Kier alpha value is -1.90. The summed E-state index contributed by atoms with van der Waals surface area (Å²) in [5.41, 5.74) is 0.259. The zero-order chi connectivity index (χ0) is 17.1. The van der Waals surface area contributed by atoms with Crippen molar-refractivity contribution in [1.82, 2.24) is 9.80 Å². The molecule has 0 unspecified atom stereocenters. The molecule has 6 nitrogen and oxygen atoms in total. The average molecular weight is 351 g/mol. The summed E-state index contributed by atoms with van der Waals surface area (Å²) in [5.74, 6) is -0.934. The number of amidine groups is 1. The maximum Gasteiger partial charge on any atom is 0.286 e. The quantitative estimate of drug-likeness (QED) is 0.795. The normalized spacial score (nSPS) is 20.8. The Labute approximate surface area is 143 Å². The van der Waals surface area contributed by atoms with Crippen molar-refractivity contribution in [2.45, 2.75) is 0 Å². The van der Waals surface area contributed by atoms with Gasteiger partial charge in [-0.3, -0.25) is 9.69 Å². The third kappa shape index (κ3) is 3.77. The first-order valence-corrected chi connectivity index (χ1v) is 8.48. The van der Waals surface area contributed by atoms with E-state index in [1.54, 1.807) is 0 Å². The van der Waals surface area contributed by atoms with Crippen LogP contribution in [-0.4, -0.2) is 70.4 Å². The van der Waals surface area contributed by atoms with E-state index in [9.17, 15) is 14.3 Å². The van der Waals surface area contributed by atoms with Crippen LogP contribution in [0.15, 0.2) is 28.1 Å². The molecule has 1 aromatic carbocycles. The number of thioether (sulfide) groups is 1. The molecule has 1 fully saturated rings. The van der Waals surface area contributed by atoms with Gasteiger partial charge in [-0.05, 0) is 36.0 Å². The molecule has 128 valence electrons. The van der Waals surface area contributed by atoms with Gasteiger partial charge < -0.3 is 15.1 Å². The molecule has 1 amide bonds. The predicted molar refractivity (Wildman–Crippen MR) is 91.2 cm³/mol. The highest BCUT2D eigenvalue weighted by Gasteiger charge is 2.28. The van der Waals surface area contributed by atoms with Crippen LogP contribution in [-0.2, 0) is 4.79 Å². The van der Waals surface area contributed by atoms with Crippen LogP contribution >= 0.6 is 11.8 Å². The Morgan fingerprint density at radius 3 is 2.75 bits per heavy atom. The van der Waals surface area contributed by atoms with Gasteiger partial charge in [-0.25, -0.2) is 4.39 Å². The van der Waals surface area contributed by atoms with Gasteiger partial charge in [0, 0.05) is 38.3 Å². The third-order valence-corrected chi connectivity index (χ3v) is 4.99. The molecule has 0 radical (unpaired) electrons. The summed E-state index contributed by atoms with van der Waals surface area (Å²) in [7, 11) is 0. The Morgan fingerprint density at radius 2 is 2.04 bits per heavy atom. The highest BCUT2D eigenvalue weighted by atomic mass is 32.2. The van der Waals surface area contributed by atoms with Crippen molar-refractivity contribution in [2.75, 3.05) is 39.3 Å². The van der Waals surface area contributed by atoms with E-state index in [2.05, 4.69) is 9.89 Å². The van der Waals surface area contributed by atoms with Crippen LogP contribution < -0.4 is 0 Å². The van der Waals surface area contributed by atoms with Gasteiger partial charge in [-0.2, -0.15) is 4.99 Å². The second-order valence-corrected chi connectivity index (χ2v) is 6.57. The Kier molecular flexibility index (Phi) is 5.17. The first kappa shape index (κ1) is 16.9. The Balaban J connectivity index is 1.68. The monoisotopic (exact) mass is 351 g/mol. The van der Waals surface area contributed by atoms with Crippen LogP contribution in [0.1, 0.15) is 5.56 Å². The minimum atomic E-state index is -0.476. The Bertz CT molecular complexity index is 700. The number of phenols is 1. The molecule has 0 aliphatic carbocycles. The first-order valence-electron chi connectivity index (χ1n) is 7.66. The van der Waals surface area contributed by atoms with E-state index >= 15 is 0 Å². The fourth-order valence-corrected chi connectivity index (χ4v) is 3.58. The number of aromatic hydroxyl groups is 1. The van der Waals surface area contributed by atoms with Gasteiger partial charge >= 0.3 is 0 Å². The second-order valence-electron chi connectivity index (χ2n) is 5.57. The highest BCUT2D eigenvalue weighted by Crippen LogP contribution is 2.32. The molecular weight excluding hydrogens is 333 g/mol. The maximum absolute atomic E-state index is 13.3. The number of benzene rings is 1. The number of phenolic OH excluding ortho intramolecular Hbond substituents is 1. The number of nitrogens with zero attached hydrogens (tertiary/aromatic N) is 3. The van der Waals surface area contributed by atoms with E-state index in [-0.39, 0.29) is 23.8 Å². The molecule has 0 bridgehead atoms. The van der Waals surface area contributed by atoms with Crippen LogP contribution in [0, 0.1) is 5.82 Å². The number of halogens is 1. The average Bonchev–Trinajstić information content (AvgIpc) is 2.93. The lowest BCUT2D eigenvalue weighted by molar-refractivity contribution is -0.113. The zero-order valence-electron chi connectivity index (χ0n) is 13.0. The van der Waals surface area contributed by atoms with Gasteiger partial charge in [0.2, 0.25) is 0 Å². The lowest BCUT2D eigenvalue weighted by atomic mass is 10.2. The number of rotatable bonds is 3. The van der Waals surface area contributed by atoms with Gasteiger partial charge in [-0.15, -0.1) is 0 Å². The van der Waals surface area contributed by atoms with Crippen molar-refractivity contribution < 1.29 is 19.4 Å². The van der Waals surface area contributed by atoms with E-state index < -0.39 is 5.82 Å². The molecule has 2 N–H and O–H groups in total. The summed E-state index contributed by atoms with van der Waals surface area (Å²) in [4.78, 5) is 20.7. The van der Waals surface area contributed by atoms with E-state index in [0.717, 1.165) is 32.2 Å². The molecule has 2 heterocycles. The van der Waals surface area contributed by atoms with Crippen LogP contribution in [0.5, 0.6) is 5.75 Å². The van der Waals surface area contributed by atoms with Crippen LogP contribution in [0.25, 0.3) is 6.08 Å². The molecular formula is C16H18FN3O3S. The van der Waals surface area contributed by atoms with Crippen molar-refractivity contribution in [3.05, 3.63) is 34.5 Å². The van der Waals surface area contributed by atoms with E-state index in [1.165, 1.54) is 30.0 Å². The largest absolute Gasteiger partial charge is 0.507 e. The van der Waals surface area contributed by atoms with Crippen molar-refractivity contribution in [3.8, 4) is 5.75 Å². The number of hydrogen-bond donors (Lipinski definition) is 2. The SMILES string of the molecule is O=C1N=C(N2CCN(CCO)CC2)SC1=Cc1cc(F)ccc1O. The van der Waals surface area contributed by atoms with Gasteiger partial charge in [0.25, 0.3) is 5.91 Å². The summed E-state index contributed by atoms with van der Waals surface area (Å²) >= 11 is 1.24. The van der Waals surface area contributed by atoms with Crippen LogP contribution in [0.4, 0.5) is 4.39 Å². The number of piperazine rings is 1. The predicted octanol–water partition coefficient (Wildman–Crippen LogP) is 1.11. The minimum absolute atomic E-state index is 0.0802. The van der Waals surface area contributed by atoms with Crippen molar-refractivity contribution in [1.29, 1.82) is 0 Å². The molecule has 3 rings (SSSR count). The maximum atomic E-state index is 13.3. The molecule has 2 aliphatic rings. The summed E-state index contributed by atoms with van der Waals surface area (Å²) in [6.45, 7) is 3.86. The molecule has 0 saturated carbocycles. The summed E-state index contributed by atoms with van der Waals surface area (Å²) in [5, 5.41) is 19.4. The van der Waals surface area contributed by atoms with Crippen molar-refractivity contribution >= 4 is 28.9 Å². The number of β-amino-alcohol motifs (C(OH)–C–C–N with tert-alkyl or cyclic N) is 1. The molecule has 1 aromatic rings. The third-order valence-electron chi connectivity index (χ3n) is 3.94. The molecule has 0 atom stereocenters. The molecule has 0 aromatic heterocycles. The Morgan fingerprint density at radius 1 is 1.29 bits per heavy atom.